The van der Waals surface area contributed by atoms with Crippen molar-refractivity contribution in [1.29, 1.82) is 0 Å². The van der Waals surface area contributed by atoms with Crippen LogP contribution in [0.4, 0.5) is 0 Å². The Morgan fingerprint density at radius 1 is 1.35 bits per heavy atom. The maximum atomic E-state index is 9.25. The summed E-state index contributed by atoms with van der Waals surface area (Å²) in [7, 11) is 4.07. The van der Waals surface area contributed by atoms with Crippen LogP contribution in [0.15, 0.2) is 13.2 Å². The molecular weight excluding hydrogens is 222 g/mol. The molecule has 5 heteroatoms. The molecule has 0 radical (unpaired) electrons. The van der Waals surface area contributed by atoms with E-state index in [1.54, 1.807) is 0 Å². The normalized spacial score (nSPS) is 27.3. The summed E-state index contributed by atoms with van der Waals surface area (Å²) in [6, 6.07) is 0.466. The van der Waals surface area contributed by atoms with Crippen LogP contribution >= 0.6 is 0 Å². The quantitative estimate of drug-likeness (QED) is 0.684. The minimum Gasteiger partial charge on any atom is -0.481 e. The van der Waals surface area contributed by atoms with Crippen LogP contribution in [0.1, 0.15) is 26.7 Å². The Labute approximate surface area is 104 Å². The molecule has 0 aromatic carbocycles. The lowest BCUT2D eigenvalue weighted by Gasteiger charge is -2.34. The third-order valence-electron chi connectivity index (χ3n) is 2.20. The molecule has 1 heterocycles. The van der Waals surface area contributed by atoms with Crippen LogP contribution < -0.4 is 0 Å². The lowest BCUT2D eigenvalue weighted by molar-refractivity contribution is -0.172. The second kappa shape index (κ2) is 10.3. The van der Waals surface area contributed by atoms with E-state index in [-0.39, 0.29) is 6.10 Å². The molecule has 0 aromatic heterocycles. The van der Waals surface area contributed by atoms with E-state index in [1.807, 2.05) is 21.0 Å². The average Bonchev–Trinajstić information content (AvgIpc) is 2.18. The van der Waals surface area contributed by atoms with Gasteiger partial charge in [0.2, 0.25) is 0 Å². The van der Waals surface area contributed by atoms with E-state index in [1.165, 1.54) is 0 Å². The molecule has 0 amide bonds. The third kappa shape index (κ3) is 11.4. The van der Waals surface area contributed by atoms with Crippen molar-refractivity contribution in [1.82, 2.24) is 4.90 Å². The third-order valence-corrected chi connectivity index (χ3v) is 2.20. The molecule has 0 spiro atoms. The first-order chi connectivity index (χ1) is 7.82. The van der Waals surface area contributed by atoms with Crippen molar-refractivity contribution in [3.8, 4) is 0 Å². The molecule has 1 fully saturated rings. The summed E-state index contributed by atoms with van der Waals surface area (Å²) in [5.41, 5.74) is 0. The van der Waals surface area contributed by atoms with E-state index in [2.05, 4.69) is 18.1 Å². The van der Waals surface area contributed by atoms with Gasteiger partial charge in [-0.15, -0.1) is 13.2 Å². The van der Waals surface area contributed by atoms with E-state index in [9.17, 15) is 5.11 Å². The number of aliphatic hydroxyl groups is 1. The van der Waals surface area contributed by atoms with E-state index < -0.39 is 12.3 Å². The Bertz CT molecular complexity index is 195. The fraction of sp³-hybridized carbons (Fsp3) is 0.750. The highest BCUT2D eigenvalue weighted by atomic mass is 16.6. The fourth-order valence-electron chi connectivity index (χ4n) is 1.51. The summed E-state index contributed by atoms with van der Waals surface area (Å²) in [6.45, 7) is 9.08. The minimum atomic E-state index is -0.833. The maximum Gasteiger partial charge on any atom is 0.300 e. The van der Waals surface area contributed by atoms with Crippen LogP contribution in [0.5, 0.6) is 0 Å². The fourth-order valence-corrected chi connectivity index (χ4v) is 1.51. The summed E-state index contributed by atoms with van der Waals surface area (Å²) in [5, 5.41) is 16.7. The summed E-state index contributed by atoms with van der Waals surface area (Å²) in [6.07, 6.45) is 1.37. The zero-order valence-electron chi connectivity index (χ0n) is 11.2. The summed E-state index contributed by atoms with van der Waals surface area (Å²) >= 11 is 0. The van der Waals surface area contributed by atoms with Crippen LogP contribution in [0.2, 0.25) is 0 Å². The lowest BCUT2D eigenvalue weighted by atomic mass is 10.0. The van der Waals surface area contributed by atoms with Gasteiger partial charge in [0, 0.05) is 19.4 Å². The minimum absolute atomic E-state index is 0.186. The highest BCUT2D eigenvalue weighted by molar-refractivity contribution is 5.62. The van der Waals surface area contributed by atoms with Gasteiger partial charge in [0.1, 0.15) is 0 Å². The Morgan fingerprint density at radius 2 is 1.76 bits per heavy atom. The van der Waals surface area contributed by atoms with Crippen molar-refractivity contribution in [2.75, 3.05) is 14.1 Å². The number of carbonyl (C=O) groups is 1. The second-order valence-electron chi connectivity index (χ2n) is 4.01. The summed E-state index contributed by atoms with van der Waals surface area (Å²) in [4.78, 5) is 11.1. The van der Waals surface area contributed by atoms with Crippen LogP contribution in [-0.4, -0.2) is 53.6 Å². The highest BCUT2D eigenvalue weighted by Crippen LogP contribution is 2.20. The van der Waals surface area contributed by atoms with Gasteiger partial charge in [0.25, 0.3) is 5.97 Å². The van der Waals surface area contributed by atoms with E-state index in [0.29, 0.717) is 6.04 Å². The van der Waals surface area contributed by atoms with Crippen LogP contribution in [0.3, 0.4) is 0 Å². The Kier molecular flexibility index (Phi) is 11.1. The number of aliphatic carboxylic acids is 1. The molecule has 1 saturated heterocycles. The molecule has 0 bridgehead atoms. The largest absolute Gasteiger partial charge is 0.481 e. The standard InChI is InChI=1S/C8H17NO2.C2H4O2.C2H4/c1-6-4-7(9(2)3)5-8(10)11-6;1-2(3)4;1-2/h6-8,10H,4-5H2,1-3H3;1H3,(H,3,4);1-2H2. The number of rotatable bonds is 1. The number of hydrogen-bond donors (Lipinski definition) is 2. The first kappa shape index (κ1) is 18.5. The molecule has 2 N–H and O–H groups in total. The predicted octanol–water partition coefficient (Wildman–Crippen LogP) is 1.33. The summed E-state index contributed by atoms with van der Waals surface area (Å²) in [5.74, 6) is -0.833. The number of ether oxygens (including phenoxy) is 1. The van der Waals surface area contributed by atoms with Crippen LogP contribution in [0, 0.1) is 0 Å². The second-order valence-corrected chi connectivity index (χ2v) is 4.01. The summed E-state index contributed by atoms with van der Waals surface area (Å²) < 4.78 is 5.20. The molecule has 1 aliphatic heterocycles. The lowest BCUT2D eigenvalue weighted by Crippen LogP contribution is -2.41. The molecule has 3 unspecified atom stereocenters. The van der Waals surface area contributed by atoms with Gasteiger partial charge in [-0.1, -0.05) is 0 Å². The maximum absolute atomic E-state index is 9.25. The van der Waals surface area contributed by atoms with Gasteiger partial charge < -0.3 is 19.8 Å². The van der Waals surface area contributed by atoms with Gasteiger partial charge in [-0.25, -0.2) is 0 Å². The predicted molar refractivity (Wildman–Crippen MR) is 67.8 cm³/mol. The van der Waals surface area contributed by atoms with Crippen LogP contribution in [0.25, 0.3) is 0 Å². The van der Waals surface area contributed by atoms with Gasteiger partial charge in [-0.2, -0.15) is 0 Å². The number of aliphatic hydroxyl groups excluding tert-OH is 1. The van der Waals surface area contributed by atoms with Gasteiger partial charge in [-0.05, 0) is 27.4 Å². The Hall–Kier alpha value is -0.910. The smallest absolute Gasteiger partial charge is 0.300 e. The zero-order valence-corrected chi connectivity index (χ0v) is 11.2. The van der Waals surface area contributed by atoms with Gasteiger partial charge in [0.15, 0.2) is 6.29 Å². The van der Waals surface area contributed by atoms with Crippen molar-refractivity contribution < 1.29 is 19.7 Å². The number of hydrogen-bond acceptors (Lipinski definition) is 4. The van der Waals surface area contributed by atoms with Gasteiger partial charge in [-0.3, -0.25) is 4.79 Å². The number of carboxylic acid groups (broad SMARTS) is 1. The molecule has 5 nitrogen and oxygen atoms in total. The van der Waals surface area contributed by atoms with Gasteiger partial charge >= 0.3 is 0 Å². The Morgan fingerprint density at radius 3 is 2.06 bits per heavy atom. The topological polar surface area (TPSA) is 70.0 Å². The molecule has 0 saturated carbocycles. The zero-order chi connectivity index (χ0) is 14.0. The number of nitrogens with zero attached hydrogens (tertiary/aromatic N) is 1. The SMILES string of the molecule is C=C.CC(=O)O.CC1CC(N(C)C)CC(O)O1. The number of carboxylic acids is 1. The van der Waals surface area contributed by atoms with E-state index in [0.717, 1.165) is 19.8 Å². The van der Waals surface area contributed by atoms with Crippen molar-refractivity contribution in [3.63, 3.8) is 0 Å². The van der Waals surface area contributed by atoms with Crippen molar-refractivity contribution in [2.24, 2.45) is 0 Å². The van der Waals surface area contributed by atoms with Gasteiger partial charge in [0.05, 0.1) is 6.10 Å². The molecule has 0 aliphatic carbocycles. The molecular formula is C12H25NO4. The first-order valence-corrected chi connectivity index (χ1v) is 5.52. The monoisotopic (exact) mass is 247 g/mol. The molecule has 0 aromatic rings. The first-order valence-electron chi connectivity index (χ1n) is 5.52. The average molecular weight is 247 g/mol. The van der Waals surface area contributed by atoms with Crippen molar-refractivity contribution in [2.45, 2.75) is 45.1 Å². The van der Waals surface area contributed by atoms with Crippen molar-refractivity contribution in [3.05, 3.63) is 13.2 Å². The molecule has 17 heavy (non-hydrogen) atoms. The molecule has 1 aliphatic rings. The van der Waals surface area contributed by atoms with Crippen LogP contribution in [-0.2, 0) is 9.53 Å². The molecule has 102 valence electrons. The van der Waals surface area contributed by atoms with E-state index >= 15 is 0 Å². The Balaban J connectivity index is 0. The molecule has 1 rings (SSSR count). The molecule has 3 atom stereocenters. The van der Waals surface area contributed by atoms with Crippen molar-refractivity contribution >= 4 is 5.97 Å². The highest BCUT2D eigenvalue weighted by Gasteiger charge is 2.26. The van der Waals surface area contributed by atoms with E-state index in [4.69, 9.17) is 14.6 Å².